The Morgan fingerprint density at radius 1 is 1.35 bits per heavy atom. The fourth-order valence-corrected chi connectivity index (χ4v) is 2.57. The van der Waals surface area contributed by atoms with Crippen molar-refractivity contribution in [2.45, 2.75) is 37.7 Å². The fraction of sp³-hybridized carbons (Fsp3) is 0.538. The standard InChI is InChI=1S/C13H19FO2S/c1-10(2)13(3,15)8-9-17(16)12-6-4-11(14)5-7-12/h4-7,10,15H,8-9H2,1-3H3. The maximum atomic E-state index is 12.7. The molecule has 0 aliphatic carbocycles. The summed E-state index contributed by atoms with van der Waals surface area (Å²) in [5, 5.41) is 10.0. The van der Waals surface area contributed by atoms with Gasteiger partial charge in [-0.3, -0.25) is 4.21 Å². The van der Waals surface area contributed by atoms with E-state index in [9.17, 15) is 13.7 Å². The molecule has 2 atom stereocenters. The normalized spacial score (nSPS) is 16.8. The minimum Gasteiger partial charge on any atom is -0.390 e. The highest BCUT2D eigenvalue weighted by Gasteiger charge is 2.25. The SMILES string of the molecule is CC(C)C(C)(O)CCS(=O)c1ccc(F)cc1. The zero-order valence-corrected chi connectivity index (χ0v) is 11.3. The zero-order valence-electron chi connectivity index (χ0n) is 10.4. The van der Waals surface area contributed by atoms with Gasteiger partial charge in [0.1, 0.15) is 5.82 Å². The van der Waals surface area contributed by atoms with Crippen molar-refractivity contribution >= 4 is 10.8 Å². The predicted molar refractivity (Wildman–Crippen MR) is 67.8 cm³/mol. The van der Waals surface area contributed by atoms with Crippen LogP contribution in [-0.2, 0) is 10.8 Å². The summed E-state index contributed by atoms with van der Waals surface area (Å²) >= 11 is 0. The highest BCUT2D eigenvalue weighted by molar-refractivity contribution is 7.85. The molecule has 0 aliphatic heterocycles. The summed E-state index contributed by atoms with van der Waals surface area (Å²) in [6.07, 6.45) is 0.467. The smallest absolute Gasteiger partial charge is 0.123 e. The van der Waals surface area contributed by atoms with Crippen LogP contribution in [0.3, 0.4) is 0 Å². The summed E-state index contributed by atoms with van der Waals surface area (Å²) < 4.78 is 24.6. The molecule has 0 saturated carbocycles. The number of rotatable bonds is 5. The van der Waals surface area contributed by atoms with Gasteiger partial charge in [0.2, 0.25) is 0 Å². The van der Waals surface area contributed by atoms with Crippen LogP contribution in [0, 0.1) is 11.7 Å². The Kier molecular flexibility index (Phi) is 4.83. The van der Waals surface area contributed by atoms with Gasteiger partial charge in [0.15, 0.2) is 0 Å². The molecule has 0 heterocycles. The third-order valence-electron chi connectivity index (χ3n) is 3.11. The minimum absolute atomic E-state index is 0.118. The molecule has 0 fully saturated rings. The molecule has 17 heavy (non-hydrogen) atoms. The second kappa shape index (κ2) is 5.74. The third kappa shape index (κ3) is 4.21. The van der Waals surface area contributed by atoms with E-state index in [1.807, 2.05) is 13.8 Å². The lowest BCUT2D eigenvalue weighted by molar-refractivity contribution is 0.0109. The Morgan fingerprint density at radius 3 is 2.35 bits per heavy atom. The molecule has 0 aromatic heterocycles. The summed E-state index contributed by atoms with van der Waals surface area (Å²) in [7, 11) is -1.18. The van der Waals surface area contributed by atoms with Gasteiger partial charge in [-0.15, -0.1) is 0 Å². The molecule has 0 bridgehead atoms. The number of halogens is 1. The van der Waals surface area contributed by atoms with Crippen molar-refractivity contribution in [3.8, 4) is 0 Å². The Labute approximate surface area is 104 Å². The number of benzene rings is 1. The zero-order chi connectivity index (χ0) is 13.1. The lowest BCUT2D eigenvalue weighted by Gasteiger charge is -2.27. The van der Waals surface area contributed by atoms with Gasteiger partial charge in [0.05, 0.1) is 16.4 Å². The predicted octanol–water partition coefficient (Wildman–Crippen LogP) is 2.73. The first-order valence-corrected chi connectivity index (χ1v) is 7.01. The molecule has 0 amide bonds. The van der Waals surface area contributed by atoms with Crippen LogP contribution in [0.15, 0.2) is 29.2 Å². The molecule has 1 N–H and O–H groups in total. The van der Waals surface area contributed by atoms with Crippen LogP contribution in [-0.4, -0.2) is 20.7 Å². The van der Waals surface area contributed by atoms with Crippen molar-refractivity contribution in [1.29, 1.82) is 0 Å². The summed E-state index contributed by atoms with van der Waals surface area (Å²) in [6.45, 7) is 5.61. The Hall–Kier alpha value is -0.740. The van der Waals surface area contributed by atoms with Crippen LogP contribution in [0.25, 0.3) is 0 Å². The van der Waals surface area contributed by atoms with Crippen molar-refractivity contribution in [2.24, 2.45) is 5.92 Å². The average molecular weight is 258 g/mol. The van der Waals surface area contributed by atoms with E-state index in [4.69, 9.17) is 0 Å². The van der Waals surface area contributed by atoms with E-state index in [0.29, 0.717) is 17.1 Å². The van der Waals surface area contributed by atoms with Crippen molar-refractivity contribution in [3.63, 3.8) is 0 Å². The van der Waals surface area contributed by atoms with E-state index in [-0.39, 0.29) is 11.7 Å². The first-order chi connectivity index (χ1) is 7.83. The summed E-state index contributed by atoms with van der Waals surface area (Å²) in [4.78, 5) is 0.603. The minimum atomic E-state index is -1.18. The summed E-state index contributed by atoms with van der Waals surface area (Å²) in [5.41, 5.74) is -0.810. The van der Waals surface area contributed by atoms with E-state index in [0.717, 1.165) is 0 Å². The summed E-state index contributed by atoms with van der Waals surface area (Å²) in [5.74, 6) is 0.171. The largest absolute Gasteiger partial charge is 0.390 e. The molecule has 4 heteroatoms. The molecule has 2 nitrogen and oxygen atoms in total. The van der Waals surface area contributed by atoms with E-state index >= 15 is 0 Å². The molecule has 1 aromatic rings. The second-order valence-corrected chi connectivity index (χ2v) is 6.34. The highest BCUT2D eigenvalue weighted by Crippen LogP contribution is 2.21. The molecule has 0 saturated heterocycles. The van der Waals surface area contributed by atoms with Gasteiger partial charge in [0.25, 0.3) is 0 Å². The average Bonchev–Trinajstić information content (AvgIpc) is 2.27. The van der Waals surface area contributed by atoms with Gasteiger partial charge < -0.3 is 5.11 Å². The molecule has 1 aromatic carbocycles. The van der Waals surface area contributed by atoms with Gasteiger partial charge in [-0.1, -0.05) is 13.8 Å². The molecule has 2 unspecified atom stereocenters. The first-order valence-electron chi connectivity index (χ1n) is 5.69. The van der Waals surface area contributed by atoms with E-state index in [2.05, 4.69) is 0 Å². The van der Waals surface area contributed by atoms with E-state index < -0.39 is 16.4 Å². The van der Waals surface area contributed by atoms with Gasteiger partial charge in [-0.2, -0.15) is 0 Å². The quantitative estimate of drug-likeness (QED) is 0.881. The van der Waals surface area contributed by atoms with Crippen LogP contribution in [0.2, 0.25) is 0 Å². The van der Waals surface area contributed by atoms with Crippen molar-refractivity contribution in [2.75, 3.05) is 5.75 Å². The monoisotopic (exact) mass is 258 g/mol. The van der Waals surface area contributed by atoms with E-state index in [1.54, 1.807) is 6.92 Å². The van der Waals surface area contributed by atoms with Crippen LogP contribution in [0.1, 0.15) is 27.2 Å². The van der Waals surface area contributed by atoms with Crippen molar-refractivity contribution in [3.05, 3.63) is 30.1 Å². The molecular formula is C13H19FO2S. The Bertz CT molecular complexity index is 385. The van der Waals surface area contributed by atoms with Crippen LogP contribution >= 0.6 is 0 Å². The van der Waals surface area contributed by atoms with Gasteiger partial charge in [-0.25, -0.2) is 4.39 Å². The molecule has 1 rings (SSSR count). The maximum absolute atomic E-state index is 12.7. The van der Waals surface area contributed by atoms with Gasteiger partial charge in [0, 0.05) is 10.6 Å². The van der Waals surface area contributed by atoms with Gasteiger partial charge in [-0.05, 0) is 43.5 Å². The Balaban J connectivity index is 2.59. The first kappa shape index (κ1) is 14.3. The number of aliphatic hydroxyl groups is 1. The lowest BCUT2D eigenvalue weighted by atomic mass is 9.90. The maximum Gasteiger partial charge on any atom is 0.123 e. The van der Waals surface area contributed by atoms with Crippen LogP contribution in [0.4, 0.5) is 4.39 Å². The molecule has 0 radical (unpaired) electrons. The van der Waals surface area contributed by atoms with Gasteiger partial charge >= 0.3 is 0 Å². The lowest BCUT2D eigenvalue weighted by Crippen LogP contribution is -2.32. The second-order valence-electron chi connectivity index (χ2n) is 4.77. The topological polar surface area (TPSA) is 37.3 Å². The Morgan fingerprint density at radius 2 is 1.88 bits per heavy atom. The van der Waals surface area contributed by atoms with Crippen molar-refractivity contribution in [1.82, 2.24) is 0 Å². The van der Waals surface area contributed by atoms with Crippen molar-refractivity contribution < 1.29 is 13.7 Å². The molecule has 0 spiro atoms. The van der Waals surface area contributed by atoms with E-state index in [1.165, 1.54) is 24.3 Å². The van der Waals surface area contributed by atoms with Crippen LogP contribution in [0.5, 0.6) is 0 Å². The highest BCUT2D eigenvalue weighted by atomic mass is 32.2. The third-order valence-corrected chi connectivity index (χ3v) is 4.49. The van der Waals surface area contributed by atoms with Crippen LogP contribution < -0.4 is 0 Å². The fourth-order valence-electron chi connectivity index (χ4n) is 1.29. The summed E-state index contributed by atoms with van der Waals surface area (Å²) in [6, 6.07) is 5.65. The molecule has 96 valence electrons. The number of hydrogen-bond donors (Lipinski definition) is 1. The molecule has 0 aliphatic rings. The molecular weight excluding hydrogens is 239 g/mol. The number of hydrogen-bond acceptors (Lipinski definition) is 2.